The van der Waals surface area contributed by atoms with E-state index >= 15 is 0 Å². The number of nitrogens with one attached hydrogen (secondary N) is 2. The van der Waals surface area contributed by atoms with Gasteiger partial charge in [-0.3, -0.25) is 0 Å². The van der Waals surface area contributed by atoms with E-state index in [0.717, 1.165) is 34.7 Å². The summed E-state index contributed by atoms with van der Waals surface area (Å²) in [5.41, 5.74) is 0.824. The maximum atomic E-state index is 12.7. The summed E-state index contributed by atoms with van der Waals surface area (Å²) in [5.74, 6) is 0.285. The smallest absolute Gasteiger partial charge is 0.240 e. The molecule has 0 radical (unpaired) electrons. The summed E-state index contributed by atoms with van der Waals surface area (Å²) in [7, 11) is -3.51. The molecule has 0 saturated carbocycles. The van der Waals surface area contributed by atoms with Gasteiger partial charge in [0.15, 0.2) is 0 Å². The predicted molar refractivity (Wildman–Crippen MR) is 99.1 cm³/mol. The van der Waals surface area contributed by atoms with Crippen molar-refractivity contribution < 1.29 is 8.42 Å². The molecule has 1 aliphatic heterocycles. The average molecular weight is 368 g/mol. The third-order valence-corrected chi connectivity index (χ3v) is 7.34. The van der Waals surface area contributed by atoms with Crippen molar-refractivity contribution in [2.45, 2.75) is 50.5 Å². The van der Waals surface area contributed by atoms with Gasteiger partial charge in [0.2, 0.25) is 10.0 Å². The van der Waals surface area contributed by atoms with Crippen molar-refractivity contribution in [1.82, 2.24) is 15.0 Å². The predicted octanol–water partition coefficient (Wildman–Crippen LogP) is 2.87. The number of thiazole rings is 1. The van der Waals surface area contributed by atoms with Crippen LogP contribution in [0.15, 0.2) is 23.1 Å². The Morgan fingerprint density at radius 2 is 2.08 bits per heavy atom. The average Bonchev–Trinajstić information content (AvgIpc) is 2.93. The van der Waals surface area contributed by atoms with Gasteiger partial charge in [0.25, 0.3) is 0 Å². The highest BCUT2D eigenvalue weighted by molar-refractivity contribution is 7.89. The minimum absolute atomic E-state index is 0.0152. The molecular formula is C17H25N3O2S2. The summed E-state index contributed by atoms with van der Waals surface area (Å²) in [6.07, 6.45) is 0.817. The fourth-order valence-electron chi connectivity index (χ4n) is 2.85. The standard InChI is InChI=1S/C17H25N3O2S2/c1-11-10-18-8-7-13(11)20-24(21,22)12-5-6-14-15(9-12)23-16(19-14)17(2,3)4/h5-6,9,11,13,18,20H,7-8,10H2,1-4H3. The lowest BCUT2D eigenvalue weighted by Gasteiger charge is -2.29. The summed E-state index contributed by atoms with van der Waals surface area (Å²) in [6.45, 7) is 10.1. The van der Waals surface area contributed by atoms with E-state index in [0.29, 0.717) is 4.90 Å². The van der Waals surface area contributed by atoms with Gasteiger partial charge >= 0.3 is 0 Å². The summed E-state index contributed by atoms with van der Waals surface area (Å²) in [6, 6.07) is 5.19. The fraction of sp³-hybridized carbons (Fsp3) is 0.588. The Bertz CT molecular complexity index is 837. The van der Waals surface area contributed by atoms with Crippen LogP contribution in [-0.4, -0.2) is 32.5 Å². The van der Waals surface area contributed by atoms with Crippen molar-refractivity contribution in [3.05, 3.63) is 23.2 Å². The molecule has 5 nitrogen and oxygen atoms in total. The second kappa shape index (κ2) is 6.37. The first-order valence-electron chi connectivity index (χ1n) is 8.31. The molecule has 0 spiro atoms. The Hall–Kier alpha value is -1.02. The molecule has 1 fully saturated rings. The van der Waals surface area contributed by atoms with Crippen LogP contribution in [0.4, 0.5) is 0 Å². The molecule has 24 heavy (non-hydrogen) atoms. The van der Waals surface area contributed by atoms with Gasteiger partial charge in [0, 0.05) is 11.5 Å². The van der Waals surface area contributed by atoms with Crippen LogP contribution in [0.5, 0.6) is 0 Å². The molecule has 1 saturated heterocycles. The lowest BCUT2D eigenvalue weighted by atomic mass is 9.97. The number of rotatable bonds is 3. The first-order chi connectivity index (χ1) is 11.2. The van der Waals surface area contributed by atoms with Gasteiger partial charge in [-0.05, 0) is 43.6 Å². The molecule has 0 bridgehead atoms. The molecule has 2 N–H and O–H groups in total. The Balaban J connectivity index is 1.90. The van der Waals surface area contributed by atoms with Crippen molar-refractivity contribution in [1.29, 1.82) is 0 Å². The highest BCUT2D eigenvalue weighted by atomic mass is 32.2. The van der Waals surface area contributed by atoms with Crippen LogP contribution >= 0.6 is 11.3 Å². The number of hydrogen-bond donors (Lipinski definition) is 2. The summed E-state index contributed by atoms with van der Waals surface area (Å²) in [4.78, 5) is 4.95. The highest BCUT2D eigenvalue weighted by Gasteiger charge is 2.27. The van der Waals surface area contributed by atoms with Crippen LogP contribution in [0.1, 0.15) is 39.1 Å². The third kappa shape index (κ3) is 3.64. The van der Waals surface area contributed by atoms with E-state index in [4.69, 9.17) is 0 Å². The van der Waals surface area contributed by atoms with E-state index in [-0.39, 0.29) is 17.4 Å². The molecular weight excluding hydrogens is 342 g/mol. The molecule has 7 heteroatoms. The number of hydrogen-bond acceptors (Lipinski definition) is 5. The van der Waals surface area contributed by atoms with E-state index in [1.165, 1.54) is 0 Å². The summed E-state index contributed by atoms with van der Waals surface area (Å²) in [5, 5.41) is 4.31. The topological polar surface area (TPSA) is 71.1 Å². The molecule has 0 aliphatic carbocycles. The van der Waals surface area contributed by atoms with Crippen molar-refractivity contribution in [2.24, 2.45) is 5.92 Å². The van der Waals surface area contributed by atoms with Crippen LogP contribution in [0.3, 0.4) is 0 Å². The minimum atomic E-state index is -3.51. The number of nitrogens with zero attached hydrogens (tertiary/aromatic N) is 1. The van der Waals surface area contributed by atoms with Gasteiger partial charge < -0.3 is 5.32 Å². The van der Waals surface area contributed by atoms with Gasteiger partial charge in [-0.15, -0.1) is 11.3 Å². The molecule has 1 aromatic carbocycles. The van der Waals surface area contributed by atoms with Crippen molar-refractivity contribution in [2.75, 3.05) is 13.1 Å². The molecule has 1 aromatic heterocycles. The quantitative estimate of drug-likeness (QED) is 0.875. The number of piperidine rings is 1. The lowest BCUT2D eigenvalue weighted by Crippen LogP contribution is -2.48. The van der Waals surface area contributed by atoms with Crippen LogP contribution in [0.25, 0.3) is 10.2 Å². The summed E-state index contributed by atoms with van der Waals surface area (Å²) >= 11 is 1.57. The Kier molecular flexibility index (Phi) is 4.72. The molecule has 2 aromatic rings. The SMILES string of the molecule is CC1CNCCC1NS(=O)(=O)c1ccc2nc(C(C)(C)C)sc2c1. The zero-order chi connectivity index (χ0) is 17.5. The number of aromatic nitrogens is 1. The van der Waals surface area contributed by atoms with Crippen molar-refractivity contribution in [3.8, 4) is 0 Å². The minimum Gasteiger partial charge on any atom is -0.316 e. The maximum Gasteiger partial charge on any atom is 0.240 e. The second-order valence-electron chi connectivity index (χ2n) is 7.60. The van der Waals surface area contributed by atoms with Gasteiger partial charge in [-0.2, -0.15) is 0 Å². The van der Waals surface area contributed by atoms with Crippen LogP contribution in [-0.2, 0) is 15.4 Å². The van der Waals surface area contributed by atoms with Crippen LogP contribution in [0.2, 0.25) is 0 Å². The molecule has 1 aliphatic rings. The Labute approximate surface area is 147 Å². The highest BCUT2D eigenvalue weighted by Crippen LogP contribution is 2.32. The number of sulfonamides is 1. The normalized spacial score (nSPS) is 22.8. The Morgan fingerprint density at radius 1 is 1.33 bits per heavy atom. The molecule has 2 unspecified atom stereocenters. The zero-order valence-corrected chi connectivity index (χ0v) is 16.2. The van der Waals surface area contributed by atoms with Gasteiger partial charge in [0.05, 0.1) is 20.1 Å². The van der Waals surface area contributed by atoms with E-state index in [9.17, 15) is 8.42 Å². The molecule has 2 heterocycles. The molecule has 132 valence electrons. The summed E-state index contributed by atoms with van der Waals surface area (Å²) < 4.78 is 29.3. The third-order valence-electron chi connectivity index (χ3n) is 4.40. The van der Waals surface area contributed by atoms with Crippen LogP contribution < -0.4 is 10.0 Å². The Morgan fingerprint density at radius 3 is 2.75 bits per heavy atom. The molecule has 2 atom stereocenters. The second-order valence-corrected chi connectivity index (χ2v) is 10.3. The van der Waals surface area contributed by atoms with Crippen LogP contribution in [0, 0.1) is 5.92 Å². The van der Waals surface area contributed by atoms with Crippen molar-refractivity contribution in [3.63, 3.8) is 0 Å². The van der Waals surface area contributed by atoms with E-state index in [2.05, 4.69) is 42.7 Å². The van der Waals surface area contributed by atoms with Crippen molar-refractivity contribution >= 4 is 31.6 Å². The number of fused-ring (bicyclic) bond motifs is 1. The number of benzene rings is 1. The van der Waals surface area contributed by atoms with Gasteiger partial charge in [-0.25, -0.2) is 18.1 Å². The van der Waals surface area contributed by atoms with Gasteiger partial charge in [-0.1, -0.05) is 27.7 Å². The fourth-order valence-corrected chi connectivity index (χ4v) is 5.39. The van der Waals surface area contributed by atoms with E-state index < -0.39 is 10.0 Å². The largest absolute Gasteiger partial charge is 0.316 e. The maximum absolute atomic E-state index is 12.7. The molecule has 0 amide bonds. The zero-order valence-electron chi connectivity index (χ0n) is 14.6. The lowest BCUT2D eigenvalue weighted by molar-refractivity contribution is 0.328. The van der Waals surface area contributed by atoms with E-state index in [1.54, 1.807) is 23.5 Å². The first kappa shape index (κ1) is 17.8. The monoisotopic (exact) mass is 367 g/mol. The first-order valence-corrected chi connectivity index (χ1v) is 10.6. The van der Waals surface area contributed by atoms with Gasteiger partial charge in [0.1, 0.15) is 0 Å². The van der Waals surface area contributed by atoms with E-state index in [1.807, 2.05) is 6.07 Å². The molecule has 3 rings (SSSR count).